The van der Waals surface area contributed by atoms with E-state index in [-0.39, 0.29) is 0 Å². The molecule has 0 bridgehead atoms. The van der Waals surface area contributed by atoms with E-state index >= 15 is 0 Å². The summed E-state index contributed by atoms with van der Waals surface area (Å²) in [5, 5.41) is 8.61. The third kappa shape index (κ3) is 3.85. The molecule has 0 N–H and O–H groups in total. The predicted molar refractivity (Wildman–Crippen MR) is 95.7 cm³/mol. The van der Waals surface area contributed by atoms with Crippen LogP contribution < -0.4 is 4.74 Å². The Balaban J connectivity index is 1.84. The summed E-state index contributed by atoms with van der Waals surface area (Å²) in [6.45, 7) is 6.48. The molecule has 1 saturated heterocycles. The fourth-order valence-corrected chi connectivity index (χ4v) is 3.38. The second-order valence-electron chi connectivity index (χ2n) is 6.58. The van der Waals surface area contributed by atoms with Gasteiger partial charge in [0.05, 0.1) is 19.6 Å². The van der Waals surface area contributed by atoms with E-state index in [0.29, 0.717) is 31.1 Å². The minimum Gasteiger partial charge on any atom is -0.496 e. The number of hydrogen-bond donors (Lipinski definition) is 0. The molecule has 1 aromatic heterocycles. The summed E-state index contributed by atoms with van der Waals surface area (Å²) in [6.07, 6.45) is 2.25. The molecule has 2 heterocycles. The van der Waals surface area contributed by atoms with Gasteiger partial charge in [0.2, 0.25) is 11.8 Å². The summed E-state index contributed by atoms with van der Waals surface area (Å²) >= 11 is 0. The summed E-state index contributed by atoms with van der Waals surface area (Å²) in [4.78, 5) is 2.35. The average Bonchev–Trinajstić information content (AvgIpc) is 3.12. The van der Waals surface area contributed by atoms with Gasteiger partial charge in [-0.05, 0) is 58.5 Å². The highest BCUT2D eigenvalue weighted by atomic mass is 16.5. The fourth-order valence-electron chi connectivity index (χ4n) is 3.38. The summed E-state index contributed by atoms with van der Waals surface area (Å²) in [5.41, 5.74) is 1.87. The van der Waals surface area contributed by atoms with E-state index in [1.165, 1.54) is 0 Å². The van der Waals surface area contributed by atoms with Gasteiger partial charge in [-0.15, -0.1) is 10.2 Å². The molecular formula is C19H27N3O3. The first-order chi connectivity index (χ1) is 12.1. The molecule has 1 fully saturated rings. The molecule has 2 atom stereocenters. The van der Waals surface area contributed by atoms with Crippen LogP contribution in [-0.2, 0) is 11.3 Å². The Bertz CT molecular complexity index is 701. The SMILES string of the molecule is CCOCc1cc(-c2nnc([C@H]3CCCN(C)[C@H]3C)o2)ccc1OC. The van der Waals surface area contributed by atoms with Crippen LogP contribution in [0, 0.1) is 0 Å². The first-order valence-electron chi connectivity index (χ1n) is 8.92. The van der Waals surface area contributed by atoms with Crippen LogP contribution in [0.25, 0.3) is 11.5 Å². The van der Waals surface area contributed by atoms with E-state index in [1.807, 2.05) is 25.1 Å². The molecule has 1 aliphatic rings. The lowest BCUT2D eigenvalue weighted by atomic mass is 9.90. The van der Waals surface area contributed by atoms with Crippen LogP contribution in [0.3, 0.4) is 0 Å². The number of hydrogen-bond acceptors (Lipinski definition) is 6. The number of piperidine rings is 1. The number of methoxy groups -OCH3 is 1. The van der Waals surface area contributed by atoms with Crippen molar-refractivity contribution in [3.63, 3.8) is 0 Å². The third-order valence-corrected chi connectivity index (χ3v) is 5.05. The largest absolute Gasteiger partial charge is 0.496 e. The Hall–Kier alpha value is -1.92. The highest BCUT2D eigenvalue weighted by Crippen LogP contribution is 2.33. The normalized spacial score (nSPS) is 21.4. The van der Waals surface area contributed by atoms with Gasteiger partial charge in [0.15, 0.2) is 0 Å². The number of ether oxygens (including phenoxy) is 2. The summed E-state index contributed by atoms with van der Waals surface area (Å²) in [5.74, 6) is 2.38. The molecule has 6 heteroatoms. The van der Waals surface area contributed by atoms with Crippen LogP contribution in [0.5, 0.6) is 5.75 Å². The zero-order valence-electron chi connectivity index (χ0n) is 15.5. The van der Waals surface area contributed by atoms with Gasteiger partial charge in [0.25, 0.3) is 0 Å². The van der Waals surface area contributed by atoms with Crippen molar-refractivity contribution >= 4 is 0 Å². The molecule has 0 amide bonds. The molecule has 1 aromatic carbocycles. The molecule has 0 unspecified atom stereocenters. The quantitative estimate of drug-likeness (QED) is 0.799. The highest BCUT2D eigenvalue weighted by Gasteiger charge is 2.31. The molecule has 0 aliphatic carbocycles. The van der Waals surface area contributed by atoms with Gasteiger partial charge in [-0.2, -0.15) is 0 Å². The average molecular weight is 345 g/mol. The first kappa shape index (κ1) is 17.9. The molecule has 25 heavy (non-hydrogen) atoms. The van der Waals surface area contributed by atoms with Gasteiger partial charge in [-0.1, -0.05) is 0 Å². The van der Waals surface area contributed by atoms with E-state index in [9.17, 15) is 0 Å². The molecule has 6 nitrogen and oxygen atoms in total. The second-order valence-corrected chi connectivity index (χ2v) is 6.58. The second kappa shape index (κ2) is 7.97. The van der Waals surface area contributed by atoms with Crippen molar-refractivity contribution in [2.75, 3.05) is 27.3 Å². The van der Waals surface area contributed by atoms with Crippen molar-refractivity contribution < 1.29 is 13.9 Å². The maximum atomic E-state index is 6.03. The zero-order chi connectivity index (χ0) is 17.8. The summed E-state index contributed by atoms with van der Waals surface area (Å²) in [6, 6.07) is 6.28. The minimum atomic E-state index is 0.293. The zero-order valence-corrected chi connectivity index (χ0v) is 15.5. The first-order valence-corrected chi connectivity index (χ1v) is 8.92. The van der Waals surface area contributed by atoms with Gasteiger partial charge < -0.3 is 18.8 Å². The van der Waals surface area contributed by atoms with Crippen molar-refractivity contribution in [2.45, 2.75) is 45.3 Å². The number of likely N-dealkylation sites (tertiary alicyclic amines) is 1. The molecule has 0 saturated carbocycles. The number of benzene rings is 1. The number of aromatic nitrogens is 2. The molecule has 136 valence electrons. The number of likely N-dealkylation sites (N-methyl/N-ethyl adjacent to an activating group) is 1. The molecule has 3 rings (SSSR count). The van der Waals surface area contributed by atoms with Crippen LogP contribution in [0.4, 0.5) is 0 Å². The van der Waals surface area contributed by atoms with Gasteiger partial charge in [0, 0.05) is 23.8 Å². The Morgan fingerprint density at radius 2 is 2.16 bits per heavy atom. The van der Waals surface area contributed by atoms with Crippen LogP contribution in [0.15, 0.2) is 22.6 Å². The standard InChI is InChI=1S/C19H27N3O3/c1-5-24-12-15-11-14(8-9-17(15)23-4)18-20-21-19(25-18)16-7-6-10-22(3)13(16)2/h8-9,11,13,16H,5-7,10,12H2,1-4H3/t13-,16-/m0/s1. The molecule has 1 aliphatic heterocycles. The van der Waals surface area contributed by atoms with Crippen LogP contribution >= 0.6 is 0 Å². The van der Waals surface area contributed by atoms with Crippen molar-refractivity contribution in [1.29, 1.82) is 0 Å². The Morgan fingerprint density at radius 3 is 2.92 bits per heavy atom. The van der Waals surface area contributed by atoms with Crippen LogP contribution in [-0.4, -0.2) is 48.4 Å². The van der Waals surface area contributed by atoms with Gasteiger partial charge in [-0.3, -0.25) is 0 Å². The minimum absolute atomic E-state index is 0.293. The smallest absolute Gasteiger partial charge is 0.247 e. The van der Waals surface area contributed by atoms with Crippen LogP contribution in [0.1, 0.15) is 44.1 Å². The van der Waals surface area contributed by atoms with Gasteiger partial charge >= 0.3 is 0 Å². The number of rotatable bonds is 6. The lowest BCUT2D eigenvalue weighted by molar-refractivity contribution is 0.132. The topological polar surface area (TPSA) is 60.6 Å². The fraction of sp³-hybridized carbons (Fsp3) is 0.579. The van der Waals surface area contributed by atoms with E-state index in [0.717, 1.165) is 42.2 Å². The summed E-state index contributed by atoms with van der Waals surface area (Å²) in [7, 11) is 3.81. The van der Waals surface area contributed by atoms with Crippen molar-refractivity contribution in [3.8, 4) is 17.2 Å². The Labute approximate surface area is 149 Å². The van der Waals surface area contributed by atoms with E-state index in [4.69, 9.17) is 13.9 Å². The highest BCUT2D eigenvalue weighted by molar-refractivity contribution is 5.57. The maximum absolute atomic E-state index is 6.03. The lowest BCUT2D eigenvalue weighted by Gasteiger charge is -2.34. The predicted octanol–water partition coefficient (Wildman–Crippen LogP) is 3.48. The Kier molecular flexibility index (Phi) is 5.71. The molecule has 0 spiro atoms. The lowest BCUT2D eigenvalue weighted by Crippen LogP contribution is -2.39. The monoisotopic (exact) mass is 345 g/mol. The van der Waals surface area contributed by atoms with Gasteiger partial charge in [0.1, 0.15) is 5.75 Å². The van der Waals surface area contributed by atoms with Crippen molar-refractivity contribution in [2.24, 2.45) is 0 Å². The van der Waals surface area contributed by atoms with Crippen LogP contribution in [0.2, 0.25) is 0 Å². The van der Waals surface area contributed by atoms with E-state index in [2.05, 4.69) is 29.1 Å². The maximum Gasteiger partial charge on any atom is 0.247 e. The van der Waals surface area contributed by atoms with Crippen molar-refractivity contribution in [3.05, 3.63) is 29.7 Å². The third-order valence-electron chi connectivity index (χ3n) is 5.05. The molecule has 2 aromatic rings. The molecular weight excluding hydrogens is 318 g/mol. The van der Waals surface area contributed by atoms with Gasteiger partial charge in [-0.25, -0.2) is 0 Å². The van der Waals surface area contributed by atoms with Crippen molar-refractivity contribution in [1.82, 2.24) is 15.1 Å². The summed E-state index contributed by atoms with van der Waals surface area (Å²) < 4.78 is 17.0. The number of nitrogens with zero attached hydrogens (tertiary/aromatic N) is 3. The molecule has 0 radical (unpaired) electrons. The Morgan fingerprint density at radius 1 is 1.32 bits per heavy atom. The van der Waals surface area contributed by atoms with E-state index < -0.39 is 0 Å². The van der Waals surface area contributed by atoms with E-state index in [1.54, 1.807) is 7.11 Å².